The molecule has 0 N–H and O–H groups in total. The van der Waals surface area contributed by atoms with Gasteiger partial charge in [0.05, 0.1) is 36.8 Å². The molecule has 1 unspecified atom stereocenters. The molecule has 1 aliphatic rings. The number of ether oxygens (including phenoxy) is 3. The largest absolute Gasteiger partial charge is 0.497 e. The third-order valence-corrected chi connectivity index (χ3v) is 9.79. The number of halogens is 1. The first-order valence-electron chi connectivity index (χ1n) is 11.7. The molecule has 11 heteroatoms. The maximum atomic E-state index is 13.0. The highest BCUT2D eigenvalue weighted by molar-refractivity contribution is 7.91. The second-order valence-corrected chi connectivity index (χ2v) is 12.4. The highest BCUT2D eigenvalue weighted by Gasteiger charge is 2.30. The van der Waals surface area contributed by atoms with Crippen LogP contribution >= 0.6 is 22.9 Å². The van der Waals surface area contributed by atoms with Gasteiger partial charge >= 0.3 is 5.97 Å². The molecule has 2 aromatic carbocycles. The predicted molar refractivity (Wildman–Crippen MR) is 143 cm³/mol. The highest BCUT2D eigenvalue weighted by Crippen LogP contribution is 2.29. The van der Waals surface area contributed by atoms with E-state index < -0.39 is 10.0 Å². The van der Waals surface area contributed by atoms with Gasteiger partial charge in [0.15, 0.2) is 0 Å². The number of rotatable bonds is 10. The van der Waals surface area contributed by atoms with Crippen molar-refractivity contribution in [2.24, 2.45) is 0 Å². The van der Waals surface area contributed by atoms with E-state index in [1.54, 1.807) is 31.4 Å². The van der Waals surface area contributed by atoms with Gasteiger partial charge in [-0.25, -0.2) is 13.2 Å². The Balaban J connectivity index is 1.43. The number of carbonyl (C=O) groups excluding carboxylic acids is 1. The molecule has 0 saturated carbocycles. The topological polar surface area (TPSA) is 85.4 Å². The van der Waals surface area contributed by atoms with Gasteiger partial charge in [-0.05, 0) is 47.5 Å². The monoisotopic (exact) mass is 564 g/mol. The number of hydrogen-bond acceptors (Lipinski definition) is 8. The van der Waals surface area contributed by atoms with Crippen LogP contribution in [0.2, 0.25) is 4.34 Å². The summed E-state index contributed by atoms with van der Waals surface area (Å²) in [5, 5.41) is 0. The molecule has 1 aromatic heterocycles. The molecule has 0 bridgehead atoms. The zero-order valence-corrected chi connectivity index (χ0v) is 23.0. The molecule has 4 rings (SSSR count). The lowest BCUT2D eigenvalue weighted by atomic mass is 10.1. The zero-order chi connectivity index (χ0) is 26.4. The Morgan fingerprint density at radius 1 is 1.03 bits per heavy atom. The van der Waals surface area contributed by atoms with E-state index in [2.05, 4.69) is 4.90 Å². The van der Waals surface area contributed by atoms with Crippen molar-refractivity contribution in [2.75, 3.05) is 46.9 Å². The van der Waals surface area contributed by atoms with Crippen LogP contribution in [0.25, 0.3) is 0 Å². The molecular weight excluding hydrogens is 536 g/mol. The lowest BCUT2D eigenvalue weighted by Crippen LogP contribution is -2.49. The first-order chi connectivity index (χ1) is 17.8. The van der Waals surface area contributed by atoms with Crippen molar-refractivity contribution in [3.05, 3.63) is 81.7 Å². The minimum Gasteiger partial charge on any atom is -0.497 e. The number of esters is 1. The van der Waals surface area contributed by atoms with E-state index >= 15 is 0 Å². The third-order valence-electron chi connectivity index (χ3n) is 6.19. The van der Waals surface area contributed by atoms with Crippen molar-refractivity contribution in [3.8, 4) is 5.75 Å². The van der Waals surface area contributed by atoms with Crippen LogP contribution in [0.1, 0.15) is 27.6 Å². The maximum Gasteiger partial charge on any atom is 0.337 e. The van der Waals surface area contributed by atoms with E-state index in [0.29, 0.717) is 49.2 Å². The van der Waals surface area contributed by atoms with Crippen LogP contribution < -0.4 is 4.74 Å². The second-order valence-electron chi connectivity index (χ2n) is 8.53. The fourth-order valence-corrected chi connectivity index (χ4v) is 7.16. The summed E-state index contributed by atoms with van der Waals surface area (Å²) >= 11 is 7.03. The molecule has 0 aliphatic carbocycles. The number of thiophene rings is 1. The molecule has 0 radical (unpaired) electrons. The molecule has 0 amide bonds. The van der Waals surface area contributed by atoms with Crippen molar-refractivity contribution in [1.29, 1.82) is 0 Å². The Kier molecular flexibility index (Phi) is 9.22. The summed E-state index contributed by atoms with van der Waals surface area (Å²) in [4.78, 5) is 13.9. The molecule has 198 valence electrons. The van der Waals surface area contributed by atoms with Crippen molar-refractivity contribution in [2.45, 2.75) is 16.9 Å². The van der Waals surface area contributed by atoms with Crippen molar-refractivity contribution >= 4 is 38.9 Å². The summed E-state index contributed by atoms with van der Waals surface area (Å²) in [5.74, 6) is 0.351. The average molecular weight is 565 g/mol. The van der Waals surface area contributed by atoms with Crippen LogP contribution in [0, 0.1) is 0 Å². The van der Waals surface area contributed by atoms with Crippen LogP contribution in [-0.4, -0.2) is 70.5 Å². The van der Waals surface area contributed by atoms with Gasteiger partial charge < -0.3 is 14.2 Å². The molecular formula is C26H29ClN2O6S2. The summed E-state index contributed by atoms with van der Waals surface area (Å²) in [6.45, 7) is 2.87. The lowest BCUT2D eigenvalue weighted by molar-refractivity contribution is 0.00762. The normalized spacial score (nSPS) is 15.9. The first-order valence-corrected chi connectivity index (χ1v) is 14.3. The van der Waals surface area contributed by atoms with Gasteiger partial charge in [0.25, 0.3) is 10.0 Å². The van der Waals surface area contributed by atoms with Gasteiger partial charge in [-0.1, -0.05) is 35.9 Å². The van der Waals surface area contributed by atoms with Crippen molar-refractivity contribution in [3.63, 3.8) is 0 Å². The summed E-state index contributed by atoms with van der Waals surface area (Å²) in [6, 6.07) is 18.0. The maximum absolute atomic E-state index is 13.0. The van der Waals surface area contributed by atoms with Crippen LogP contribution in [-0.2, 0) is 26.1 Å². The minimum absolute atomic E-state index is 0.266. The van der Waals surface area contributed by atoms with E-state index in [4.69, 9.17) is 25.8 Å². The highest BCUT2D eigenvalue weighted by atomic mass is 35.5. The standard InChI is InChI=1S/C26H29ClN2O6S2/c1-33-22-5-3-4-21(16-22)23(35-18-19-6-8-20(9-7-19)26(30)34-2)17-28-12-14-29(15-13-28)37(31,32)25-11-10-24(27)36-25/h3-11,16,23H,12-15,17-18H2,1-2H3. The number of sulfonamides is 1. The first kappa shape index (κ1) is 27.6. The summed E-state index contributed by atoms with van der Waals surface area (Å²) < 4.78 is 44.7. The minimum atomic E-state index is -3.55. The fraction of sp³-hybridized carbons (Fsp3) is 0.346. The molecule has 3 aromatic rings. The van der Waals surface area contributed by atoms with Gasteiger partial charge in [-0.15, -0.1) is 11.3 Å². The Hall–Kier alpha value is -2.47. The summed E-state index contributed by atoms with van der Waals surface area (Å²) in [6.07, 6.45) is -0.269. The Morgan fingerprint density at radius 3 is 2.38 bits per heavy atom. The Bertz CT molecular complexity index is 1300. The van der Waals surface area contributed by atoms with Gasteiger partial charge in [0.1, 0.15) is 9.96 Å². The quantitative estimate of drug-likeness (QED) is 0.336. The van der Waals surface area contributed by atoms with E-state index in [0.717, 1.165) is 28.2 Å². The molecule has 1 atom stereocenters. The molecule has 37 heavy (non-hydrogen) atoms. The van der Waals surface area contributed by atoms with Crippen LogP contribution in [0.4, 0.5) is 0 Å². The fourth-order valence-electron chi connectivity index (χ4n) is 4.10. The van der Waals surface area contributed by atoms with Crippen LogP contribution in [0.15, 0.2) is 64.9 Å². The predicted octanol–water partition coefficient (Wildman–Crippen LogP) is 4.46. The van der Waals surface area contributed by atoms with E-state index in [1.807, 2.05) is 36.4 Å². The smallest absolute Gasteiger partial charge is 0.337 e. The number of benzene rings is 2. The average Bonchev–Trinajstić information content (AvgIpc) is 3.38. The van der Waals surface area contributed by atoms with E-state index in [1.165, 1.54) is 11.4 Å². The van der Waals surface area contributed by atoms with E-state index in [-0.39, 0.29) is 16.3 Å². The number of nitrogens with zero attached hydrogens (tertiary/aromatic N) is 2. The SMILES string of the molecule is COC(=O)c1ccc(COC(CN2CCN(S(=O)(=O)c3ccc(Cl)s3)CC2)c2cccc(OC)c2)cc1. The molecule has 8 nitrogen and oxygen atoms in total. The zero-order valence-electron chi connectivity index (χ0n) is 20.6. The molecule has 1 fully saturated rings. The Labute approximate surface area is 226 Å². The van der Waals surface area contributed by atoms with Gasteiger partial charge in [0.2, 0.25) is 0 Å². The second kappa shape index (κ2) is 12.4. The number of carbonyl (C=O) groups is 1. The lowest BCUT2D eigenvalue weighted by Gasteiger charge is -2.35. The number of methoxy groups -OCH3 is 2. The molecule has 2 heterocycles. The molecule has 1 saturated heterocycles. The van der Waals surface area contributed by atoms with Crippen LogP contribution in [0.5, 0.6) is 5.75 Å². The number of piperazine rings is 1. The molecule has 0 spiro atoms. The van der Waals surface area contributed by atoms with Crippen LogP contribution in [0.3, 0.4) is 0 Å². The van der Waals surface area contributed by atoms with Gasteiger partial charge in [-0.2, -0.15) is 4.31 Å². The van der Waals surface area contributed by atoms with Gasteiger partial charge in [-0.3, -0.25) is 4.90 Å². The number of hydrogen-bond donors (Lipinski definition) is 0. The summed E-state index contributed by atoms with van der Waals surface area (Å²) in [7, 11) is -0.577. The molecule has 1 aliphatic heterocycles. The van der Waals surface area contributed by atoms with Crippen molar-refractivity contribution < 1.29 is 27.4 Å². The van der Waals surface area contributed by atoms with Gasteiger partial charge in [0, 0.05) is 32.7 Å². The van der Waals surface area contributed by atoms with E-state index in [9.17, 15) is 13.2 Å². The van der Waals surface area contributed by atoms with Crippen molar-refractivity contribution in [1.82, 2.24) is 9.21 Å². The Morgan fingerprint density at radius 2 is 1.76 bits per heavy atom. The third kappa shape index (κ3) is 6.90. The summed E-state index contributed by atoms with van der Waals surface area (Å²) in [5.41, 5.74) is 2.37.